The number of nitrogens with one attached hydrogen (secondary N) is 1. The molecule has 1 aliphatic carbocycles. The third-order valence-corrected chi connectivity index (χ3v) is 3.93. The maximum absolute atomic E-state index is 13.5. The van der Waals surface area contributed by atoms with E-state index in [4.69, 9.17) is 0 Å². The van der Waals surface area contributed by atoms with E-state index in [-0.39, 0.29) is 11.4 Å². The molecular formula is C19H13FN2O. The van der Waals surface area contributed by atoms with E-state index in [1.54, 1.807) is 6.07 Å². The van der Waals surface area contributed by atoms with Crippen LogP contribution < -0.4 is 5.56 Å². The summed E-state index contributed by atoms with van der Waals surface area (Å²) in [7, 11) is 0. The molecule has 3 nitrogen and oxygen atoms in total. The monoisotopic (exact) mass is 304 g/mol. The Morgan fingerprint density at radius 2 is 1.96 bits per heavy atom. The van der Waals surface area contributed by atoms with Crippen LogP contribution in [-0.2, 0) is 0 Å². The van der Waals surface area contributed by atoms with Crippen LogP contribution in [0, 0.1) is 5.82 Å². The van der Waals surface area contributed by atoms with Crippen molar-refractivity contribution in [3.05, 3.63) is 81.9 Å². The first kappa shape index (κ1) is 13.6. The van der Waals surface area contributed by atoms with E-state index >= 15 is 0 Å². The van der Waals surface area contributed by atoms with Gasteiger partial charge in [0.25, 0.3) is 5.56 Å². The van der Waals surface area contributed by atoms with Crippen LogP contribution >= 0.6 is 0 Å². The summed E-state index contributed by atoms with van der Waals surface area (Å²) >= 11 is 0. The van der Waals surface area contributed by atoms with Gasteiger partial charge < -0.3 is 4.98 Å². The molecule has 2 aliphatic heterocycles. The second-order valence-corrected chi connectivity index (χ2v) is 5.44. The second kappa shape index (κ2) is 5.32. The van der Waals surface area contributed by atoms with Gasteiger partial charge in [0.2, 0.25) is 0 Å². The van der Waals surface area contributed by atoms with Gasteiger partial charge in [-0.1, -0.05) is 36.4 Å². The minimum Gasteiger partial charge on any atom is -0.321 e. The Bertz CT molecular complexity index is 985. The van der Waals surface area contributed by atoms with Crippen molar-refractivity contribution >= 4 is 17.5 Å². The SMILES string of the molecule is O=c1[nH]c2cccccc-2c1C1=Nc2cc(F)ccc2C=CC1. The van der Waals surface area contributed by atoms with Crippen LogP contribution in [-0.4, -0.2) is 10.7 Å². The zero-order valence-corrected chi connectivity index (χ0v) is 12.2. The lowest BCUT2D eigenvalue weighted by Crippen LogP contribution is -2.12. The highest BCUT2D eigenvalue weighted by Crippen LogP contribution is 2.29. The van der Waals surface area contributed by atoms with E-state index in [1.165, 1.54) is 12.1 Å². The van der Waals surface area contributed by atoms with Gasteiger partial charge in [0.05, 0.1) is 17.0 Å². The molecule has 1 aromatic rings. The van der Waals surface area contributed by atoms with Gasteiger partial charge in [-0.15, -0.1) is 0 Å². The number of benzene rings is 1. The lowest BCUT2D eigenvalue weighted by atomic mass is 10.0. The number of allylic oxidation sites excluding steroid dienone is 1. The summed E-state index contributed by atoms with van der Waals surface area (Å²) in [4.78, 5) is 19.8. The molecule has 23 heavy (non-hydrogen) atoms. The fourth-order valence-corrected chi connectivity index (χ4v) is 2.87. The van der Waals surface area contributed by atoms with Gasteiger partial charge >= 0.3 is 0 Å². The summed E-state index contributed by atoms with van der Waals surface area (Å²) in [6.07, 6.45) is 4.38. The molecule has 1 aromatic carbocycles. The predicted molar refractivity (Wildman–Crippen MR) is 89.9 cm³/mol. The van der Waals surface area contributed by atoms with E-state index in [0.717, 1.165) is 16.8 Å². The van der Waals surface area contributed by atoms with Crippen LogP contribution in [0.3, 0.4) is 0 Å². The molecule has 0 amide bonds. The molecule has 4 heteroatoms. The highest BCUT2D eigenvalue weighted by atomic mass is 19.1. The van der Waals surface area contributed by atoms with E-state index in [0.29, 0.717) is 23.4 Å². The van der Waals surface area contributed by atoms with E-state index in [2.05, 4.69) is 9.98 Å². The van der Waals surface area contributed by atoms with Gasteiger partial charge in [0.15, 0.2) is 0 Å². The Balaban J connectivity index is 1.95. The molecule has 0 unspecified atom stereocenters. The minimum atomic E-state index is -0.338. The fraction of sp³-hybridized carbons (Fsp3) is 0.0526. The van der Waals surface area contributed by atoms with Crippen molar-refractivity contribution in [3.63, 3.8) is 0 Å². The highest BCUT2D eigenvalue weighted by molar-refractivity contribution is 6.08. The number of aromatic nitrogens is 1. The average Bonchev–Trinajstić information content (AvgIpc) is 2.72. The van der Waals surface area contributed by atoms with Gasteiger partial charge in [-0.05, 0) is 18.2 Å². The minimum absolute atomic E-state index is 0.168. The fourth-order valence-electron chi connectivity index (χ4n) is 2.87. The summed E-state index contributed by atoms with van der Waals surface area (Å²) in [5.74, 6) is -0.338. The third-order valence-electron chi connectivity index (χ3n) is 3.93. The highest BCUT2D eigenvalue weighted by Gasteiger charge is 2.19. The molecule has 0 radical (unpaired) electrons. The Kier molecular flexibility index (Phi) is 3.15. The number of halogens is 1. The standard InChI is InChI=1S/C19H13FN2O/c20-13-10-9-12-5-4-8-16(21-17(12)11-13)18-14-6-2-1-3-7-15(14)22-19(18)23/h1-7,9-11H,8H2,(H,22,23). The van der Waals surface area contributed by atoms with E-state index in [9.17, 15) is 9.18 Å². The number of rotatable bonds is 1. The van der Waals surface area contributed by atoms with Crippen molar-refractivity contribution in [3.8, 4) is 11.3 Å². The van der Waals surface area contributed by atoms with Crippen LogP contribution in [0.5, 0.6) is 0 Å². The first-order valence-corrected chi connectivity index (χ1v) is 7.37. The molecule has 3 aliphatic rings. The van der Waals surface area contributed by atoms with Crippen molar-refractivity contribution < 1.29 is 4.39 Å². The summed E-state index contributed by atoms with van der Waals surface area (Å²) in [6, 6.07) is 13.9. The van der Waals surface area contributed by atoms with Gasteiger partial charge in [-0.3, -0.25) is 9.79 Å². The Labute approximate surface area is 132 Å². The molecule has 0 saturated heterocycles. The molecule has 0 fully saturated rings. The largest absolute Gasteiger partial charge is 0.321 e. The third kappa shape index (κ3) is 2.38. The van der Waals surface area contributed by atoms with Crippen molar-refractivity contribution in [2.45, 2.75) is 6.42 Å². The van der Waals surface area contributed by atoms with Gasteiger partial charge in [0.1, 0.15) is 5.82 Å². The molecule has 0 spiro atoms. The summed E-state index contributed by atoms with van der Waals surface area (Å²) in [5, 5.41) is 0. The van der Waals surface area contributed by atoms with Crippen LogP contribution in [0.4, 0.5) is 10.1 Å². The number of fused-ring (bicyclic) bond motifs is 2. The number of nitrogens with zero attached hydrogens (tertiary/aromatic N) is 1. The average molecular weight is 304 g/mol. The van der Waals surface area contributed by atoms with Gasteiger partial charge in [-0.25, -0.2) is 4.39 Å². The quantitative estimate of drug-likeness (QED) is 0.721. The second-order valence-electron chi connectivity index (χ2n) is 5.44. The number of aliphatic imine (C=N–C) groups is 1. The molecular weight excluding hydrogens is 291 g/mol. The zero-order valence-electron chi connectivity index (χ0n) is 12.2. The summed E-state index contributed by atoms with van der Waals surface area (Å²) < 4.78 is 13.5. The number of hydrogen-bond donors (Lipinski definition) is 1. The first-order chi connectivity index (χ1) is 11.2. The number of H-pyrrole nitrogens is 1. The molecule has 0 atom stereocenters. The topological polar surface area (TPSA) is 45.2 Å². The molecule has 0 bridgehead atoms. The molecule has 112 valence electrons. The van der Waals surface area contributed by atoms with Crippen molar-refractivity contribution in [2.75, 3.05) is 0 Å². The molecule has 1 N–H and O–H groups in total. The van der Waals surface area contributed by atoms with E-state index < -0.39 is 0 Å². The zero-order chi connectivity index (χ0) is 15.8. The summed E-state index contributed by atoms with van der Waals surface area (Å²) in [5.41, 5.74) is 4.02. The van der Waals surface area contributed by atoms with Crippen molar-refractivity contribution in [2.24, 2.45) is 4.99 Å². The Hall–Kier alpha value is -3.01. The maximum Gasteiger partial charge on any atom is 0.258 e. The Morgan fingerprint density at radius 1 is 1.09 bits per heavy atom. The van der Waals surface area contributed by atoms with Gasteiger partial charge in [-0.2, -0.15) is 0 Å². The van der Waals surface area contributed by atoms with Crippen molar-refractivity contribution in [1.82, 2.24) is 4.98 Å². The van der Waals surface area contributed by atoms with Crippen LogP contribution in [0.1, 0.15) is 17.5 Å². The normalized spacial score (nSPS) is 13.5. The maximum atomic E-state index is 13.5. The molecule has 0 aromatic heterocycles. The van der Waals surface area contributed by atoms with Crippen molar-refractivity contribution in [1.29, 1.82) is 0 Å². The molecule has 2 heterocycles. The molecule has 0 saturated carbocycles. The lowest BCUT2D eigenvalue weighted by Gasteiger charge is -2.03. The van der Waals surface area contributed by atoms with Gasteiger partial charge in [0, 0.05) is 29.3 Å². The van der Waals surface area contributed by atoms with Crippen LogP contribution in [0.15, 0.2) is 64.4 Å². The van der Waals surface area contributed by atoms with E-state index in [1.807, 2.05) is 42.5 Å². The Morgan fingerprint density at radius 3 is 2.87 bits per heavy atom. The first-order valence-electron chi connectivity index (χ1n) is 7.37. The summed E-state index contributed by atoms with van der Waals surface area (Å²) in [6.45, 7) is 0. The van der Waals surface area contributed by atoms with Crippen LogP contribution in [0.2, 0.25) is 0 Å². The number of aromatic amines is 1. The smallest absolute Gasteiger partial charge is 0.258 e. The lowest BCUT2D eigenvalue weighted by molar-refractivity contribution is 0.628. The molecule has 4 rings (SSSR count). The predicted octanol–water partition coefficient (Wildman–Crippen LogP) is 4.16. The van der Waals surface area contributed by atoms with Crippen LogP contribution in [0.25, 0.3) is 17.3 Å². The number of hydrogen-bond acceptors (Lipinski definition) is 2.